The Morgan fingerprint density at radius 3 is 1.65 bits per heavy atom. The van der Waals surface area contributed by atoms with Crippen molar-refractivity contribution in [2.75, 3.05) is 26.4 Å². The van der Waals surface area contributed by atoms with Crippen LogP contribution in [-0.2, 0) is 41.8 Å². The van der Waals surface area contributed by atoms with Crippen molar-refractivity contribution in [3.05, 3.63) is 108 Å². The third kappa shape index (κ3) is 13.1. The van der Waals surface area contributed by atoms with Gasteiger partial charge in [-0.25, -0.2) is 18.2 Å². The van der Waals surface area contributed by atoms with Crippen molar-refractivity contribution in [1.82, 2.24) is 19.6 Å². The molecule has 0 atom stereocenters. The number of ether oxygens (including phenoxy) is 4. The average Bonchev–Trinajstić information content (AvgIpc) is 3.94. The Balaban J connectivity index is 0.000000181. The van der Waals surface area contributed by atoms with E-state index in [1.807, 2.05) is 0 Å². The Kier molecular flexibility index (Phi) is 15.7. The second-order valence-electron chi connectivity index (χ2n) is 13.5. The zero-order chi connectivity index (χ0) is 50.5. The number of rotatable bonds is 10. The molecule has 4 heterocycles. The minimum Gasteiger partial charge on any atom is -0.486 e. The highest BCUT2D eigenvalue weighted by molar-refractivity contribution is 7.94. The van der Waals surface area contributed by atoms with E-state index in [2.05, 4.69) is 29.6 Å². The predicted molar refractivity (Wildman–Crippen MR) is 220 cm³/mol. The van der Waals surface area contributed by atoms with E-state index in [4.69, 9.17) is 34.1 Å². The van der Waals surface area contributed by atoms with Gasteiger partial charge in [-0.15, -0.1) is 9.32 Å². The topological polar surface area (TPSA) is 261 Å². The number of alkyl halides is 9. The summed E-state index contributed by atoms with van der Waals surface area (Å²) in [5, 5.41) is 29.6. The van der Waals surface area contributed by atoms with Crippen molar-refractivity contribution in [1.29, 1.82) is 0 Å². The van der Waals surface area contributed by atoms with Crippen LogP contribution in [0.3, 0.4) is 0 Å². The van der Waals surface area contributed by atoms with Crippen LogP contribution in [0.25, 0.3) is 22.6 Å². The Labute approximate surface area is 387 Å². The number of hydrogen-bond acceptors (Lipinski definition) is 17. The van der Waals surface area contributed by atoms with Crippen LogP contribution < -0.4 is 39.6 Å². The quantitative estimate of drug-likeness (QED) is 0.0266. The predicted octanol–water partition coefficient (Wildman–Crippen LogP) is 5.06. The maximum absolute atomic E-state index is 13.3. The average molecular weight is 1040 g/mol. The van der Waals surface area contributed by atoms with Gasteiger partial charge in [0.05, 0.1) is 34.0 Å². The number of sulfonamides is 1. The molecule has 0 aliphatic carbocycles. The summed E-state index contributed by atoms with van der Waals surface area (Å²) >= 11 is 0.619. The van der Waals surface area contributed by atoms with E-state index in [9.17, 15) is 56.3 Å². The van der Waals surface area contributed by atoms with E-state index < -0.39 is 62.4 Å². The zero-order valence-electron chi connectivity index (χ0n) is 34.1. The monoisotopic (exact) mass is 1040 g/mol. The summed E-state index contributed by atoms with van der Waals surface area (Å²) in [4.78, 5) is 4.02. The molecule has 4 aromatic carbocycles. The van der Waals surface area contributed by atoms with Crippen LogP contribution in [-0.4, -0.2) is 85.5 Å². The van der Waals surface area contributed by atoms with Gasteiger partial charge in [-0.3, -0.25) is 0 Å². The second-order valence-corrected chi connectivity index (χ2v) is 17.4. The minimum atomic E-state index is -6.22. The molecular formula is C37H30BF9N6O13S3. The van der Waals surface area contributed by atoms with Crippen molar-refractivity contribution in [3.63, 3.8) is 0 Å². The molecule has 2 aliphatic heterocycles. The molecule has 2 aliphatic rings. The van der Waals surface area contributed by atoms with E-state index in [1.54, 1.807) is 36.4 Å². The van der Waals surface area contributed by atoms with Gasteiger partial charge in [0.25, 0.3) is 0 Å². The van der Waals surface area contributed by atoms with Crippen molar-refractivity contribution in [3.8, 4) is 51.5 Å². The molecule has 0 saturated heterocycles. The molecule has 0 bridgehead atoms. The van der Waals surface area contributed by atoms with Crippen LogP contribution in [0.15, 0.2) is 107 Å². The Hall–Kier alpha value is -6.26. The summed E-state index contributed by atoms with van der Waals surface area (Å²) in [6.45, 7) is 1.75. The van der Waals surface area contributed by atoms with Gasteiger partial charge in [0, 0.05) is 16.5 Å². The molecular weight excluding hydrogens is 1010 g/mol. The third-order valence-electron chi connectivity index (χ3n) is 8.81. The zero-order valence-corrected chi connectivity index (χ0v) is 36.5. The fourth-order valence-electron chi connectivity index (χ4n) is 5.73. The fourth-order valence-corrected chi connectivity index (χ4v) is 7.05. The highest BCUT2D eigenvalue weighted by Gasteiger charge is 2.49. The first-order chi connectivity index (χ1) is 32.2. The number of aromatic nitrogens is 4. The lowest BCUT2D eigenvalue weighted by Crippen LogP contribution is -2.30. The Morgan fingerprint density at radius 2 is 1.13 bits per heavy atom. The van der Waals surface area contributed by atoms with Gasteiger partial charge >= 0.3 is 35.1 Å². The van der Waals surface area contributed by atoms with E-state index in [0.717, 1.165) is 22.9 Å². The Morgan fingerprint density at radius 1 is 0.638 bits per heavy atom. The molecule has 0 radical (unpaired) electrons. The van der Waals surface area contributed by atoms with Crippen molar-refractivity contribution < 1.29 is 98.9 Å². The minimum absolute atomic E-state index is 0.0251. The highest BCUT2D eigenvalue weighted by atomic mass is 32.2. The first-order valence-electron chi connectivity index (χ1n) is 18.7. The molecule has 2 aromatic heterocycles. The molecule has 32 heteroatoms. The molecule has 0 saturated carbocycles. The van der Waals surface area contributed by atoms with Crippen LogP contribution in [0.5, 0.6) is 28.9 Å². The summed E-state index contributed by atoms with van der Waals surface area (Å²) in [5.74, 6) is 5.45. The molecule has 6 N–H and O–H groups in total. The summed E-state index contributed by atoms with van der Waals surface area (Å²) in [5.41, 5.74) is -7.60. The van der Waals surface area contributed by atoms with Crippen LogP contribution in [0, 0.1) is 0 Å². The largest absolute Gasteiger partial charge is 0.534 e. The second kappa shape index (κ2) is 20.8. The van der Waals surface area contributed by atoms with Crippen LogP contribution in [0.2, 0.25) is 0 Å². The van der Waals surface area contributed by atoms with Gasteiger partial charge in [-0.05, 0) is 90.4 Å². The lowest BCUT2D eigenvalue weighted by atomic mass is 9.80. The van der Waals surface area contributed by atoms with Gasteiger partial charge in [0.15, 0.2) is 34.4 Å². The van der Waals surface area contributed by atoms with E-state index in [1.165, 1.54) is 36.4 Å². The van der Waals surface area contributed by atoms with Crippen molar-refractivity contribution in [2.24, 2.45) is 11.0 Å². The third-order valence-corrected chi connectivity index (χ3v) is 11.3. The van der Waals surface area contributed by atoms with Crippen molar-refractivity contribution in [2.45, 2.75) is 27.7 Å². The standard InChI is InChI=1S/C18H14F3N3O4S.C11H7F6N3O5S2.C8H9BO4/c19-18(20,21)17-10-14(11-1-6-15-16(9-11)28-8-7-27-15)24(23-17)12-2-4-13(5-3-12)29(22,25)26;12-10(13,14)8-5-9(23-27(21,22)11(15,16)17)20(19-8)6-1-3-7(4-2-6)26-25-24-18;10-9(11)6-1-2-7-8(5-6)13-4-3-12-7/h1-6,9-10H,7-8H2,(H2,22,25,26);1-5H,18H2;1-2,5,10-11H,3-4H2. The number of primary sulfonamides is 1. The number of nitrogens with two attached hydrogens (primary N) is 2. The first kappa shape index (κ1) is 52.1. The van der Waals surface area contributed by atoms with Gasteiger partial charge < -0.3 is 33.2 Å². The Bertz CT molecular complexity index is 2980. The molecule has 19 nitrogen and oxygen atoms in total. The first-order valence-corrected chi connectivity index (χ1v) is 22.4. The SMILES string of the molecule is NOOSc1ccc(-n2nc(C(F)(F)F)cc2OS(=O)(=O)C(F)(F)F)cc1.NS(=O)(=O)c1ccc(-n2nc(C(F)(F)F)cc2-c2ccc3c(c2)OCCO3)cc1.OB(O)c1ccc2c(c1)OCCO2. The number of fused-ring (bicyclic) bond motifs is 2. The number of hydrogen-bond donors (Lipinski definition) is 4. The fraction of sp³-hybridized carbons (Fsp3) is 0.189. The van der Waals surface area contributed by atoms with Gasteiger partial charge in [-0.2, -0.15) is 68.7 Å². The molecule has 8 rings (SSSR count). The lowest BCUT2D eigenvalue weighted by Gasteiger charge is -2.19. The smallest absolute Gasteiger partial charge is 0.486 e. The molecule has 370 valence electrons. The van der Waals surface area contributed by atoms with Crippen LogP contribution in [0.1, 0.15) is 11.4 Å². The molecule has 0 amide bonds. The van der Waals surface area contributed by atoms with E-state index >= 15 is 0 Å². The van der Waals surface area contributed by atoms with Crippen LogP contribution in [0.4, 0.5) is 39.5 Å². The van der Waals surface area contributed by atoms with Gasteiger partial charge in [0.1, 0.15) is 26.4 Å². The van der Waals surface area contributed by atoms with E-state index in [0.29, 0.717) is 77.4 Å². The van der Waals surface area contributed by atoms with Crippen LogP contribution >= 0.6 is 12.0 Å². The summed E-state index contributed by atoms with van der Waals surface area (Å²) in [7, 11) is -11.6. The maximum atomic E-state index is 13.3. The maximum Gasteiger partial charge on any atom is 0.534 e. The lowest BCUT2D eigenvalue weighted by molar-refractivity contribution is -0.195. The van der Waals surface area contributed by atoms with E-state index in [-0.39, 0.29) is 32.7 Å². The normalized spacial score (nSPS) is 13.6. The molecule has 6 aromatic rings. The summed E-state index contributed by atoms with van der Waals surface area (Å²) in [6.07, 6.45) is -9.72. The molecule has 0 fully saturated rings. The molecule has 0 spiro atoms. The molecule has 0 unspecified atom stereocenters. The van der Waals surface area contributed by atoms with Crippen molar-refractivity contribution >= 4 is 44.8 Å². The molecule has 69 heavy (non-hydrogen) atoms. The van der Waals surface area contributed by atoms with Gasteiger partial charge in [0.2, 0.25) is 15.9 Å². The number of nitrogens with zero attached hydrogens (tertiary/aromatic N) is 4. The number of halogens is 9. The summed E-state index contributed by atoms with van der Waals surface area (Å²) in [6, 6.07) is 20.4. The van der Waals surface area contributed by atoms with Gasteiger partial charge in [-0.1, -0.05) is 6.07 Å². The highest BCUT2D eigenvalue weighted by Crippen LogP contribution is 2.39. The number of benzene rings is 4. The summed E-state index contributed by atoms with van der Waals surface area (Å²) < 4.78 is 192.